The highest BCUT2D eigenvalue weighted by molar-refractivity contribution is 7.80. The third kappa shape index (κ3) is 2.38. The van der Waals surface area contributed by atoms with E-state index in [4.69, 9.17) is 12.2 Å². The zero-order valence-corrected chi connectivity index (χ0v) is 11.9. The molecular weight excluding hydrogens is 266 g/mol. The number of hydrogen-bond donors (Lipinski definition) is 3. The van der Waals surface area contributed by atoms with Crippen molar-refractivity contribution in [2.75, 3.05) is 12.4 Å². The monoisotopic (exact) mass is 281 g/mol. The molecule has 2 aromatic carbocycles. The molecule has 0 bridgehead atoms. The van der Waals surface area contributed by atoms with Crippen LogP contribution in [-0.2, 0) is 0 Å². The zero-order valence-electron chi connectivity index (χ0n) is 11.1. The Kier molecular flexibility index (Phi) is 3.39. The van der Waals surface area contributed by atoms with Crippen molar-refractivity contribution in [2.24, 2.45) is 0 Å². The number of rotatable bonds is 2. The second kappa shape index (κ2) is 5.35. The van der Waals surface area contributed by atoms with E-state index in [1.165, 1.54) is 10.9 Å². The lowest BCUT2D eigenvalue weighted by Gasteiger charge is -2.09. The predicted molar refractivity (Wildman–Crippen MR) is 89.0 cm³/mol. The van der Waals surface area contributed by atoms with Crippen molar-refractivity contribution in [1.29, 1.82) is 0 Å². The van der Waals surface area contributed by atoms with Gasteiger partial charge in [0.2, 0.25) is 0 Å². The van der Waals surface area contributed by atoms with Crippen LogP contribution < -0.4 is 10.6 Å². The molecule has 4 heteroatoms. The average Bonchev–Trinajstić information content (AvgIpc) is 2.95. The number of H-pyrrole nitrogens is 1. The SMILES string of the molecule is CNC(=S)Nc1cccc(-c2cccc3cc[nH]c23)c1. The molecule has 3 aromatic rings. The summed E-state index contributed by atoms with van der Waals surface area (Å²) < 4.78 is 0. The van der Waals surface area contributed by atoms with E-state index in [-0.39, 0.29) is 0 Å². The van der Waals surface area contributed by atoms with E-state index in [1.54, 1.807) is 7.05 Å². The van der Waals surface area contributed by atoms with Gasteiger partial charge in [-0.2, -0.15) is 0 Å². The highest BCUT2D eigenvalue weighted by Gasteiger charge is 2.05. The zero-order chi connectivity index (χ0) is 13.9. The lowest BCUT2D eigenvalue weighted by atomic mass is 10.0. The molecular formula is C16H15N3S. The first kappa shape index (κ1) is 12.7. The molecule has 0 saturated carbocycles. The van der Waals surface area contributed by atoms with Gasteiger partial charge in [-0.3, -0.25) is 0 Å². The van der Waals surface area contributed by atoms with Crippen molar-refractivity contribution < 1.29 is 0 Å². The fraction of sp³-hybridized carbons (Fsp3) is 0.0625. The Hall–Kier alpha value is -2.33. The van der Waals surface area contributed by atoms with E-state index < -0.39 is 0 Å². The molecule has 0 amide bonds. The molecule has 3 nitrogen and oxygen atoms in total. The van der Waals surface area contributed by atoms with Crippen molar-refractivity contribution in [3.05, 3.63) is 54.7 Å². The first-order valence-electron chi connectivity index (χ1n) is 6.43. The first-order valence-corrected chi connectivity index (χ1v) is 6.84. The van der Waals surface area contributed by atoms with Crippen LogP contribution in [0.25, 0.3) is 22.0 Å². The normalized spacial score (nSPS) is 10.4. The Bertz CT molecular complexity index is 761. The maximum absolute atomic E-state index is 5.13. The quantitative estimate of drug-likeness (QED) is 0.626. The highest BCUT2D eigenvalue weighted by Crippen LogP contribution is 2.29. The smallest absolute Gasteiger partial charge is 0.170 e. The summed E-state index contributed by atoms with van der Waals surface area (Å²) in [7, 11) is 1.80. The summed E-state index contributed by atoms with van der Waals surface area (Å²) in [4.78, 5) is 3.30. The number of aromatic amines is 1. The summed E-state index contributed by atoms with van der Waals surface area (Å²) >= 11 is 5.13. The molecule has 100 valence electrons. The van der Waals surface area contributed by atoms with Gasteiger partial charge in [-0.1, -0.05) is 30.3 Å². The van der Waals surface area contributed by atoms with Crippen LogP contribution in [0.3, 0.4) is 0 Å². The van der Waals surface area contributed by atoms with Crippen molar-refractivity contribution in [1.82, 2.24) is 10.3 Å². The van der Waals surface area contributed by atoms with Crippen LogP contribution >= 0.6 is 12.2 Å². The predicted octanol–water partition coefficient (Wildman–Crippen LogP) is 3.75. The van der Waals surface area contributed by atoms with E-state index in [0.717, 1.165) is 16.8 Å². The number of para-hydroxylation sites is 1. The standard InChI is InChI=1S/C16H15N3S/c1-17-16(20)19-13-6-2-5-12(10-13)14-7-3-4-11-8-9-18-15(11)14/h2-10,18H,1H3,(H2,17,19,20). The van der Waals surface area contributed by atoms with E-state index in [2.05, 4.69) is 52.0 Å². The number of benzene rings is 2. The average molecular weight is 281 g/mol. The summed E-state index contributed by atoms with van der Waals surface area (Å²) in [6.45, 7) is 0. The Balaban J connectivity index is 2.04. The van der Waals surface area contributed by atoms with Crippen molar-refractivity contribution in [3.63, 3.8) is 0 Å². The molecule has 0 atom stereocenters. The van der Waals surface area contributed by atoms with Gasteiger partial charge in [0.15, 0.2) is 5.11 Å². The molecule has 20 heavy (non-hydrogen) atoms. The van der Waals surface area contributed by atoms with Crippen molar-refractivity contribution in [3.8, 4) is 11.1 Å². The van der Waals surface area contributed by atoms with Crippen LogP contribution in [0.15, 0.2) is 54.7 Å². The van der Waals surface area contributed by atoms with Crippen LogP contribution in [0.5, 0.6) is 0 Å². The summed E-state index contributed by atoms with van der Waals surface area (Å²) in [6, 6.07) is 16.6. The Morgan fingerprint density at radius 2 is 1.95 bits per heavy atom. The topological polar surface area (TPSA) is 39.8 Å². The maximum Gasteiger partial charge on any atom is 0.170 e. The van der Waals surface area contributed by atoms with E-state index >= 15 is 0 Å². The van der Waals surface area contributed by atoms with Gasteiger partial charge in [0.1, 0.15) is 0 Å². The molecule has 1 heterocycles. The summed E-state index contributed by atoms with van der Waals surface area (Å²) in [5.41, 5.74) is 4.47. The summed E-state index contributed by atoms with van der Waals surface area (Å²) in [6.07, 6.45) is 1.96. The van der Waals surface area contributed by atoms with E-state index in [9.17, 15) is 0 Å². The van der Waals surface area contributed by atoms with E-state index in [0.29, 0.717) is 5.11 Å². The number of hydrogen-bond acceptors (Lipinski definition) is 1. The van der Waals surface area contributed by atoms with Crippen molar-refractivity contribution >= 4 is 33.9 Å². The summed E-state index contributed by atoms with van der Waals surface area (Å²) in [5.74, 6) is 0. The molecule has 3 N–H and O–H groups in total. The lowest BCUT2D eigenvalue weighted by molar-refractivity contribution is 1.20. The van der Waals surface area contributed by atoms with Crippen molar-refractivity contribution in [2.45, 2.75) is 0 Å². The van der Waals surface area contributed by atoms with Crippen LogP contribution in [0.1, 0.15) is 0 Å². The van der Waals surface area contributed by atoms with Gasteiger partial charge in [-0.05, 0) is 41.4 Å². The molecule has 0 unspecified atom stereocenters. The molecule has 0 radical (unpaired) electrons. The minimum Gasteiger partial charge on any atom is -0.366 e. The Morgan fingerprint density at radius 3 is 2.80 bits per heavy atom. The number of fused-ring (bicyclic) bond motifs is 1. The van der Waals surface area contributed by atoms with Crippen LogP contribution in [-0.4, -0.2) is 17.1 Å². The fourth-order valence-electron chi connectivity index (χ4n) is 2.28. The molecule has 1 aromatic heterocycles. The first-order chi connectivity index (χ1) is 9.78. The molecule has 0 aliphatic heterocycles. The van der Waals surface area contributed by atoms with Gasteiger partial charge in [0, 0.05) is 24.5 Å². The third-order valence-corrected chi connectivity index (χ3v) is 3.55. The van der Waals surface area contributed by atoms with Gasteiger partial charge in [-0.25, -0.2) is 0 Å². The second-order valence-corrected chi connectivity index (χ2v) is 4.94. The molecule has 0 fully saturated rings. The third-order valence-electron chi connectivity index (χ3n) is 3.25. The van der Waals surface area contributed by atoms with Gasteiger partial charge in [0.05, 0.1) is 5.52 Å². The van der Waals surface area contributed by atoms with Crippen LogP contribution in [0.4, 0.5) is 5.69 Å². The van der Waals surface area contributed by atoms with Crippen LogP contribution in [0.2, 0.25) is 0 Å². The van der Waals surface area contributed by atoms with Crippen LogP contribution in [0, 0.1) is 0 Å². The molecule has 0 aliphatic carbocycles. The lowest BCUT2D eigenvalue weighted by Crippen LogP contribution is -2.24. The summed E-state index contributed by atoms with van der Waals surface area (Å²) in [5, 5.41) is 7.89. The molecule has 0 saturated heterocycles. The Labute approximate surface area is 123 Å². The largest absolute Gasteiger partial charge is 0.366 e. The number of nitrogens with one attached hydrogen (secondary N) is 3. The maximum atomic E-state index is 5.13. The van der Waals surface area contributed by atoms with Gasteiger partial charge < -0.3 is 15.6 Å². The van der Waals surface area contributed by atoms with Gasteiger partial charge in [0.25, 0.3) is 0 Å². The number of thiocarbonyl (C=S) groups is 1. The number of aromatic nitrogens is 1. The highest BCUT2D eigenvalue weighted by atomic mass is 32.1. The fourth-order valence-corrected chi connectivity index (χ4v) is 2.40. The molecule has 0 spiro atoms. The molecule has 0 aliphatic rings. The number of anilines is 1. The van der Waals surface area contributed by atoms with Gasteiger partial charge >= 0.3 is 0 Å². The minimum absolute atomic E-state index is 0.611. The molecule has 3 rings (SSSR count). The minimum atomic E-state index is 0.611. The van der Waals surface area contributed by atoms with E-state index in [1.807, 2.05) is 18.3 Å². The Morgan fingerprint density at radius 1 is 1.10 bits per heavy atom. The van der Waals surface area contributed by atoms with Gasteiger partial charge in [-0.15, -0.1) is 0 Å². The second-order valence-electron chi connectivity index (χ2n) is 4.53.